The van der Waals surface area contributed by atoms with Gasteiger partial charge in [-0.3, -0.25) is 0 Å². The van der Waals surface area contributed by atoms with Crippen molar-refractivity contribution in [2.75, 3.05) is 6.61 Å². The monoisotopic (exact) mass is 616 g/mol. The molecule has 0 saturated carbocycles. The third kappa shape index (κ3) is 12.8. The summed E-state index contributed by atoms with van der Waals surface area (Å²) in [5, 5.41) is 0. The molecule has 0 aliphatic rings. The molecule has 8 heteroatoms. The van der Waals surface area contributed by atoms with Crippen LogP contribution < -0.4 is 4.74 Å². The molecule has 45 heavy (non-hydrogen) atoms. The number of unbranched alkanes of at least 4 members (excludes halogenated alkanes) is 10. The number of carbonyl (C=O) groups is 3. The average Bonchev–Trinajstić information content (AvgIpc) is 3.06. The summed E-state index contributed by atoms with van der Waals surface area (Å²) in [4.78, 5) is 46.1. The molecule has 3 rings (SSSR count). The van der Waals surface area contributed by atoms with Crippen LogP contribution in [0.1, 0.15) is 124 Å². The molecular weight excluding hydrogens is 568 g/mol. The molecule has 1 atom stereocenters. The van der Waals surface area contributed by atoms with Crippen LogP contribution >= 0.6 is 0 Å². The summed E-state index contributed by atoms with van der Waals surface area (Å²) < 4.78 is 15.7. The van der Waals surface area contributed by atoms with Gasteiger partial charge in [0.2, 0.25) is 0 Å². The van der Waals surface area contributed by atoms with Crippen molar-refractivity contribution in [3.05, 3.63) is 77.6 Å². The molecule has 0 amide bonds. The van der Waals surface area contributed by atoms with Crippen LogP contribution in [-0.4, -0.2) is 40.6 Å². The maximum Gasteiger partial charge on any atom is 0.347 e. The second-order valence-electron chi connectivity index (χ2n) is 11.4. The van der Waals surface area contributed by atoms with Gasteiger partial charge in [0.25, 0.3) is 0 Å². The van der Waals surface area contributed by atoms with Crippen molar-refractivity contribution in [2.24, 2.45) is 0 Å². The molecule has 1 heterocycles. The molecule has 0 N–H and O–H groups in total. The molecule has 0 radical (unpaired) electrons. The first-order valence-corrected chi connectivity index (χ1v) is 16.5. The van der Waals surface area contributed by atoms with Crippen LogP contribution in [-0.2, 0) is 20.7 Å². The van der Waals surface area contributed by atoms with Crippen LogP contribution in [0.4, 0.5) is 0 Å². The van der Waals surface area contributed by atoms with E-state index in [0.717, 1.165) is 36.8 Å². The van der Waals surface area contributed by atoms with Gasteiger partial charge in [0.1, 0.15) is 5.75 Å². The van der Waals surface area contributed by atoms with E-state index in [4.69, 9.17) is 14.2 Å². The lowest BCUT2D eigenvalue weighted by atomic mass is 10.0. The van der Waals surface area contributed by atoms with E-state index in [9.17, 15) is 14.4 Å². The number of hydrogen-bond acceptors (Lipinski definition) is 8. The largest absolute Gasteiger partial charge is 0.463 e. The topological polar surface area (TPSA) is 105 Å². The molecule has 0 bridgehead atoms. The van der Waals surface area contributed by atoms with Crippen molar-refractivity contribution in [2.45, 2.75) is 110 Å². The predicted octanol–water partition coefficient (Wildman–Crippen LogP) is 8.71. The number of carbonyl (C=O) groups excluding carboxylic acids is 3. The Morgan fingerprint density at radius 1 is 0.667 bits per heavy atom. The van der Waals surface area contributed by atoms with Crippen LogP contribution in [0.25, 0.3) is 11.4 Å². The average molecular weight is 617 g/mol. The zero-order valence-corrected chi connectivity index (χ0v) is 27.1. The number of hydrogen-bond donors (Lipinski definition) is 0. The molecule has 1 aromatic heterocycles. The van der Waals surface area contributed by atoms with Crippen molar-refractivity contribution in [1.82, 2.24) is 9.97 Å². The summed E-state index contributed by atoms with van der Waals surface area (Å²) in [7, 11) is 0. The minimum absolute atomic E-state index is 0.224. The predicted molar refractivity (Wildman–Crippen MR) is 175 cm³/mol. The highest BCUT2D eigenvalue weighted by atomic mass is 16.6. The van der Waals surface area contributed by atoms with Gasteiger partial charge in [0.15, 0.2) is 11.9 Å². The van der Waals surface area contributed by atoms with Crippen molar-refractivity contribution in [3.63, 3.8) is 0 Å². The maximum absolute atomic E-state index is 12.7. The van der Waals surface area contributed by atoms with Crippen molar-refractivity contribution in [3.8, 4) is 17.1 Å². The molecule has 0 spiro atoms. The van der Waals surface area contributed by atoms with Gasteiger partial charge in [-0.05, 0) is 68.1 Å². The van der Waals surface area contributed by atoms with Crippen LogP contribution in [0.2, 0.25) is 0 Å². The Balaban J connectivity index is 1.40. The number of nitrogens with zero attached hydrogens (tertiary/aromatic N) is 2. The van der Waals surface area contributed by atoms with Crippen LogP contribution in [0.5, 0.6) is 5.75 Å². The van der Waals surface area contributed by atoms with Gasteiger partial charge in [-0.1, -0.05) is 90.2 Å². The van der Waals surface area contributed by atoms with Gasteiger partial charge >= 0.3 is 17.9 Å². The lowest BCUT2D eigenvalue weighted by Gasteiger charge is -2.13. The molecule has 0 unspecified atom stereocenters. The first-order chi connectivity index (χ1) is 21.9. The van der Waals surface area contributed by atoms with E-state index in [-0.39, 0.29) is 11.3 Å². The standard InChI is InChI=1S/C37H48N2O6/c1-4-6-8-9-10-11-12-13-14-15-16-29-26-38-34(39-27-29)30-17-19-31(20-18-30)37(42)45-33-23-21-32(22-24-33)36(41)44-28(3)35(40)43-25-7-5-2/h17-24,26-28H,4-16,25H2,1-3H3/t28-/m0/s1. The molecule has 0 aliphatic heterocycles. The van der Waals surface area contributed by atoms with Crippen molar-refractivity contribution >= 4 is 17.9 Å². The summed E-state index contributed by atoms with van der Waals surface area (Å²) in [5.41, 5.74) is 2.54. The first kappa shape index (κ1) is 35.4. The van der Waals surface area contributed by atoms with E-state index in [2.05, 4.69) is 16.9 Å². The fourth-order valence-electron chi connectivity index (χ4n) is 4.74. The highest BCUT2D eigenvalue weighted by Crippen LogP contribution is 2.19. The fraction of sp³-hybridized carbons (Fsp3) is 0.486. The second kappa shape index (κ2) is 20.1. The molecule has 8 nitrogen and oxygen atoms in total. The van der Waals surface area contributed by atoms with E-state index in [1.165, 1.54) is 89.0 Å². The molecule has 242 valence electrons. The van der Waals surface area contributed by atoms with E-state index < -0.39 is 24.0 Å². The van der Waals surface area contributed by atoms with Crippen LogP contribution in [0.3, 0.4) is 0 Å². The molecule has 0 aliphatic carbocycles. The van der Waals surface area contributed by atoms with Gasteiger partial charge in [0, 0.05) is 18.0 Å². The smallest absolute Gasteiger partial charge is 0.347 e. The van der Waals surface area contributed by atoms with E-state index in [1.54, 1.807) is 24.3 Å². The van der Waals surface area contributed by atoms with Gasteiger partial charge < -0.3 is 14.2 Å². The van der Waals surface area contributed by atoms with Gasteiger partial charge in [-0.2, -0.15) is 0 Å². The normalized spacial score (nSPS) is 11.5. The fourth-order valence-corrected chi connectivity index (χ4v) is 4.74. The Morgan fingerprint density at radius 3 is 1.80 bits per heavy atom. The maximum atomic E-state index is 12.7. The Labute approximate surface area is 267 Å². The van der Waals surface area contributed by atoms with Gasteiger partial charge in [0.05, 0.1) is 17.7 Å². The van der Waals surface area contributed by atoms with Gasteiger partial charge in [-0.25, -0.2) is 24.4 Å². The number of benzene rings is 2. The number of aromatic nitrogens is 2. The highest BCUT2D eigenvalue weighted by Gasteiger charge is 2.20. The van der Waals surface area contributed by atoms with E-state index >= 15 is 0 Å². The SMILES string of the molecule is CCCCCCCCCCCCc1cnc(-c2ccc(C(=O)Oc3ccc(C(=O)O[C@@H](C)C(=O)OCCCC)cc3)cc2)nc1. The molecule has 3 aromatic rings. The zero-order valence-electron chi connectivity index (χ0n) is 27.1. The summed E-state index contributed by atoms with van der Waals surface area (Å²) in [5.74, 6) is -0.913. The minimum atomic E-state index is -1.02. The van der Waals surface area contributed by atoms with Crippen LogP contribution in [0, 0.1) is 0 Å². The lowest BCUT2D eigenvalue weighted by Crippen LogP contribution is -2.26. The minimum Gasteiger partial charge on any atom is -0.463 e. The van der Waals surface area contributed by atoms with E-state index in [0.29, 0.717) is 18.0 Å². The van der Waals surface area contributed by atoms with Crippen LogP contribution in [0.15, 0.2) is 60.9 Å². The van der Waals surface area contributed by atoms with Gasteiger partial charge in [-0.15, -0.1) is 0 Å². The third-order valence-corrected chi connectivity index (χ3v) is 7.56. The zero-order chi connectivity index (χ0) is 32.3. The molecule has 0 saturated heterocycles. The summed E-state index contributed by atoms with van der Waals surface area (Å²) >= 11 is 0. The lowest BCUT2D eigenvalue weighted by molar-refractivity contribution is -0.153. The number of aryl methyl sites for hydroxylation is 1. The second-order valence-corrected chi connectivity index (χ2v) is 11.4. The summed E-state index contributed by atoms with van der Waals surface area (Å²) in [6.45, 7) is 6.00. The quantitative estimate of drug-likeness (QED) is 0.0705. The highest BCUT2D eigenvalue weighted by molar-refractivity contribution is 5.93. The first-order valence-electron chi connectivity index (χ1n) is 16.5. The number of esters is 3. The molecule has 0 fully saturated rings. The third-order valence-electron chi connectivity index (χ3n) is 7.56. The Bertz CT molecular complexity index is 1310. The van der Waals surface area contributed by atoms with Crippen molar-refractivity contribution < 1.29 is 28.6 Å². The Hall–Kier alpha value is -4.07. The number of rotatable bonds is 20. The molecular formula is C37H48N2O6. The van der Waals surface area contributed by atoms with Crippen molar-refractivity contribution in [1.29, 1.82) is 0 Å². The Morgan fingerprint density at radius 2 is 1.20 bits per heavy atom. The Kier molecular flexibility index (Phi) is 15.8. The summed E-state index contributed by atoms with van der Waals surface area (Å²) in [6.07, 6.45) is 18.5. The molecule has 2 aromatic carbocycles. The van der Waals surface area contributed by atoms with E-state index in [1.807, 2.05) is 19.3 Å². The summed E-state index contributed by atoms with van der Waals surface area (Å²) in [6, 6.07) is 12.9. The number of ether oxygens (including phenoxy) is 3.